The fourth-order valence-electron chi connectivity index (χ4n) is 1.65. The molecule has 3 heteroatoms. The Bertz CT molecular complexity index is 127. The second-order valence-corrected chi connectivity index (χ2v) is 3.14. The van der Waals surface area contributed by atoms with Crippen molar-refractivity contribution in [3.05, 3.63) is 0 Å². The zero-order chi connectivity index (χ0) is 8.10. The molecule has 1 atom stereocenters. The number of carbonyl (C=O) groups is 1. The number of carbonyl (C=O) groups excluding carboxylic acids is 1. The Kier molecular flexibility index (Phi) is 3.36. The van der Waals surface area contributed by atoms with Gasteiger partial charge in [0.1, 0.15) is 0 Å². The van der Waals surface area contributed by atoms with Crippen LogP contribution < -0.4 is 5.32 Å². The lowest BCUT2D eigenvalue weighted by Crippen LogP contribution is -2.28. The summed E-state index contributed by atoms with van der Waals surface area (Å²) in [4.78, 5) is 12.3. The Morgan fingerprint density at radius 2 is 2.55 bits per heavy atom. The van der Waals surface area contributed by atoms with Gasteiger partial charge >= 0.3 is 0 Å². The smallest absolute Gasteiger partial charge is 0.207 e. The average molecular weight is 156 g/mol. The first-order chi connectivity index (χ1) is 5.34. The van der Waals surface area contributed by atoms with Gasteiger partial charge in [-0.1, -0.05) is 0 Å². The van der Waals surface area contributed by atoms with E-state index in [0.29, 0.717) is 6.04 Å². The quantitative estimate of drug-likeness (QED) is 0.466. The van der Waals surface area contributed by atoms with Gasteiger partial charge in [0.2, 0.25) is 6.41 Å². The number of likely N-dealkylation sites (tertiary alicyclic amines) is 1. The number of hydrogen-bond acceptors (Lipinski definition) is 2. The van der Waals surface area contributed by atoms with Crippen LogP contribution in [-0.4, -0.2) is 37.5 Å². The van der Waals surface area contributed by atoms with E-state index in [2.05, 4.69) is 17.3 Å². The zero-order valence-corrected chi connectivity index (χ0v) is 7.05. The van der Waals surface area contributed by atoms with E-state index in [-0.39, 0.29) is 0 Å². The standard InChI is InChI=1S/C8H16N2O/c1-10-6-2-3-8(10)4-5-9-7-11/h7-8H,2-6H2,1H3,(H,9,11). The van der Waals surface area contributed by atoms with Crippen LogP contribution >= 0.6 is 0 Å². The summed E-state index contributed by atoms with van der Waals surface area (Å²) in [6.45, 7) is 2.03. The molecule has 0 radical (unpaired) electrons. The molecule has 64 valence electrons. The Balaban J connectivity index is 2.10. The van der Waals surface area contributed by atoms with Gasteiger partial charge < -0.3 is 10.2 Å². The van der Waals surface area contributed by atoms with Crippen LogP contribution in [0.15, 0.2) is 0 Å². The lowest BCUT2D eigenvalue weighted by Gasteiger charge is -2.18. The predicted molar refractivity (Wildman–Crippen MR) is 44.3 cm³/mol. The van der Waals surface area contributed by atoms with Crippen molar-refractivity contribution in [2.24, 2.45) is 0 Å². The van der Waals surface area contributed by atoms with Crippen molar-refractivity contribution in [1.82, 2.24) is 10.2 Å². The largest absolute Gasteiger partial charge is 0.359 e. The van der Waals surface area contributed by atoms with Crippen LogP contribution in [0.5, 0.6) is 0 Å². The summed E-state index contributed by atoms with van der Waals surface area (Å²) in [6, 6.07) is 0.697. The second-order valence-electron chi connectivity index (χ2n) is 3.14. The van der Waals surface area contributed by atoms with E-state index >= 15 is 0 Å². The molecular formula is C8H16N2O. The van der Waals surface area contributed by atoms with Crippen molar-refractivity contribution in [1.29, 1.82) is 0 Å². The Hall–Kier alpha value is -0.570. The molecule has 1 aliphatic heterocycles. The van der Waals surface area contributed by atoms with E-state index in [1.807, 2.05) is 0 Å². The van der Waals surface area contributed by atoms with Crippen molar-refractivity contribution < 1.29 is 4.79 Å². The Labute approximate surface area is 67.8 Å². The minimum atomic E-state index is 0.697. The molecule has 0 aromatic heterocycles. The summed E-state index contributed by atoms with van der Waals surface area (Å²) >= 11 is 0. The van der Waals surface area contributed by atoms with Gasteiger partial charge in [-0.3, -0.25) is 4.79 Å². The highest BCUT2D eigenvalue weighted by molar-refractivity contribution is 5.45. The normalized spacial score (nSPS) is 25.4. The van der Waals surface area contributed by atoms with Crippen molar-refractivity contribution in [2.45, 2.75) is 25.3 Å². The van der Waals surface area contributed by atoms with Crippen molar-refractivity contribution in [2.75, 3.05) is 20.1 Å². The summed E-state index contributed by atoms with van der Waals surface area (Å²) in [6.07, 6.45) is 4.46. The summed E-state index contributed by atoms with van der Waals surface area (Å²) < 4.78 is 0. The molecule has 1 heterocycles. The molecule has 1 N–H and O–H groups in total. The molecule has 11 heavy (non-hydrogen) atoms. The van der Waals surface area contributed by atoms with Crippen LogP contribution in [0.3, 0.4) is 0 Å². The van der Waals surface area contributed by atoms with Crippen LogP contribution in [0.4, 0.5) is 0 Å². The van der Waals surface area contributed by atoms with Crippen LogP contribution in [0.1, 0.15) is 19.3 Å². The molecule has 0 spiro atoms. The molecule has 0 aromatic rings. The van der Waals surface area contributed by atoms with Gasteiger partial charge in [0, 0.05) is 12.6 Å². The molecule has 1 fully saturated rings. The average Bonchev–Trinajstić information content (AvgIpc) is 2.37. The summed E-state index contributed by atoms with van der Waals surface area (Å²) in [5.41, 5.74) is 0. The number of rotatable bonds is 4. The van der Waals surface area contributed by atoms with Crippen molar-refractivity contribution in [3.8, 4) is 0 Å². The number of nitrogens with zero attached hydrogens (tertiary/aromatic N) is 1. The molecule has 0 aliphatic carbocycles. The van der Waals surface area contributed by atoms with Gasteiger partial charge in [0.15, 0.2) is 0 Å². The fourth-order valence-corrected chi connectivity index (χ4v) is 1.65. The molecule has 1 amide bonds. The third-order valence-electron chi connectivity index (χ3n) is 2.38. The Morgan fingerprint density at radius 3 is 3.09 bits per heavy atom. The van der Waals surface area contributed by atoms with E-state index < -0.39 is 0 Å². The Morgan fingerprint density at radius 1 is 1.73 bits per heavy atom. The molecule has 1 rings (SSSR count). The number of hydrogen-bond donors (Lipinski definition) is 1. The van der Waals surface area contributed by atoms with Gasteiger partial charge in [-0.05, 0) is 32.9 Å². The van der Waals surface area contributed by atoms with Crippen LogP contribution in [0, 0.1) is 0 Å². The first-order valence-corrected chi connectivity index (χ1v) is 4.22. The SMILES string of the molecule is CN1CCCC1CCNC=O. The topological polar surface area (TPSA) is 32.3 Å². The molecule has 1 saturated heterocycles. The fraction of sp³-hybridized carbons (Fsp3) is 0.875. The zero-order valence-electron chi connectivity index (χ0n) is 7.05. The van der Waals surface area contributed by atoms with Gasteiger partial charge in [0.25, 0.3) is 0 Å². The van der Waals surface area contributed by atoms with Crippen molar-refractivity contribution >= 4 is 6.41 Å². The van der Waals surface area contributed by atoms with Gasteiger partial charge in [-0.25, -0.2) is 0 Å². The van der Waals surface area contributed by atoms with E-state index in [1.54, 1.807) is 0 Å². The third kappa shape index (κ3) is 2.50. The van der Waals surface area contributed by atoms with E-state index in [1.165, 1.54) is 19.4 Å². The summed E-state index contributed by atoms with van der Waals surface area (Å²) in [5, 5.41) is 2.69. The summed E-state index contributed by atoms with van der Waals surface area (Å²) in [7, 11) is 2.15. The van der Waals surface area contributed by atoms with Crippen LogP contribution in [-0.2, 0) is 4.79 Å². The molecule has 1 aliphatic rings. The maximum Gasteiger partial charge on any atom is 0.207 e. The van der Waals surface area contributed by atoms with Gasteiger partial charge in [-0.15, -0.1) is 0 Å². The molecule has 0 aromatic carbocycles. The lowest BCUT2D eigenvalue weighted by atomic mass is 10.1. The highest BCUT2D eigenvalue weighted by Gasteiger charge is 2.19. The van der Waals surface area contributed by atoms with E-state index in [4.69, 9.17) is 0 Å². The first-order valence-electron chi connectivity index (χ1n) is 4.22. The molecule has 1 unspecified atom stereocenters. The van der Waals surface area contributed by atoms with E-state index in [9.17, 15) is 4.79 Å². The highest BCUT2D eigenvalue weighted by atomic mass is 16.1. The second kappa shape index (κ2) is 4.34. The predicted octanol–water partition coefficient (Wildman–Crippen LogP) is 0.217. The van der Waals surface area contributed by atoms with Gasteiger partial charge in [-0.2, -0.15) is 0 Å². The molecule has 3 nitrogen and oxygen atoms in total. The minimum Gasteiger partial charge on any atom is -0.359 e. The van der Waals surface area contributed by atoms with E-state index in [0.717, 1.165) is 19.4 Å². The van der Waals surface area contributed by atoms with Crippen molar-refractivity contribution in [3.63, 3.8) is 0 Å². The molecular weight excluding hydrogens is 140 g/mol. The monoisotopic (exact) mass is 156 g/mol. The van der Waals surface area contributed by atoms with Crippen LogP contribution in [0.2, 0.25) is 0 Å². The molecule has 0 bridgehead atoms. The summed E-state index contributed by atoms with van der Waals surface area (Å²) in [5.74, 6) is 0. The van der Waals surface area contributed by atoms with Gasteiger partial charge in [0.05, 0.1) is 0 Å². The minimum absolute atomic E-state index is 0.697. The number of amides is 1. The lowest BCUT2D eigenvalue weighted by molar-refractivity contribution is -0.109. The van der Waals surface area contributed by atoms with Crippen LogP contribution in [0.25, 0.3) is 0 Å². The maximum atomic E-state index is 9.94. The highest BCUT2D eigenvalue weighted by Crippen LogP contribution is 2.16. The first kappa shape index (κ1) is 8.53. The third-order valence-corrected chi connectivity index (χ3v) is 2.38. The number of nitrogens with one attached hydrogen (secondary N) is 1. The maximum absolute atomic E-state index is 9.94. The molecule has 0 saturated carbocycles.